The molecule has 1 aliphatic carbocycles. The molecule has 124 valence electrons. The van der Waals surface area contributed by atoms with E-state index in [1.807, 2.05) is 0 Å². The van der Waals surface area contributed by atoms with Crippen molar-refractivity contribution in [3.63, 3.8) is 0 Å². The number of rotatable bonds is 4. The molecule has 0 radical (unpaired) electrons. The summed E-state index contributed by atoms with van der Waals surface area (Å²) in [5.74, 6) is -4.20. The smallest absolute Gasteiger partial charge is 0.448 e. The van der Waals surface area contributed by atoms with E-state index in [2.05, 4.69) is 4.76 Å². The lowest BCUT2D eigenvalue weighted by Crippen LogP contribution is -2.43. The summed E-state index contributed by atoms with van der Waals surface area (Å²) in [5, 5.41) is 39.6. The van der Waals surface area contributed by atoms with Gasteiger partial charge in [0.15, 0.2) is 5.79 Å². The van der Waals surface area contributed by atoms with Gasteiger partial charge in [-0.3, -0.25) is 0 Å². The number of nitrogens with zero attached hydrogens (tertiary/aromatic N) is 1. The Hall–Kier alpha value is -1.96. The number of aliphatic hydroxyl groups is 3. The predicted molar refractivity (Wildman–Crippen MR) is 81.8 cm³/mol. The Morgan fingerprint density at radius 2 is 1.87 bits per heavy atom. The number of benzene rings is 1. The maximum Gasteiger partial charge on any atom is 0.448 e. The summed E-state index contributed by atoms with van der Waals surface area (Å²) < 4.78 is 14.2. The molecular weight excluding hydrogens is 325 g/mol. The van der Waals surface area contributed by atoms with E-state index >= 15 is 0 Å². The number of aromatic hydroxyl groups is 1. The fourth-order valence-corrected chi connectivity index (χ4v) is 2.77. The molecule has 0 saturated carbocycles. The summed E-state index contributed by atoms with van der Waals surface area (Å²) in [6.07, 6.45) is 2.92. The average molecular weight is 341 g/mol. The Balaban J connectivity index is 2.36. The van der Waals surface area contributed by atoms with Gasteiger partial charge in [-0.25, -0.2) is 4.57 Å². The van der Waals surface area contributed by atoms with E-state index in [-0.39, 0.29) is 23.6 Å². The molecule has 2 rings (SSSR count). The van der Waals surface area contributed by atoms with Gasteiger partial charge < -0.3 is 30.2 Å². The molecule has 0 fully saturated rings. The second kappa shape index (κ2) is 6.27. The van der Waals surface area contributed by atoms with Crippen LogP contribution in [0.2, 0.25) is 0 Å². The zero-order valence-electron chi connectivity index (χ0n) is 11.8. The van der Waals surface area contributed by atoms with E-state index in [1.165, 1.54) is 18.2 Å². The molecule has 1 aliphatic rings. The van der Waals surface area contributed by atoms with Gasteiger partial charge in [0.25, 0.3) is 0 Å². The van der Waals surface area contributed by atoms with Crippen molar-refractivity contribution in [2.75, 3.05) is 0 Å². The van der Waals surface area contributed by atoms with Crippen molar-refractivity contribution >= 4 is 13.5 Å². The number of phenolic OH excluding ortho intramolecular Hbond substituents is 1. The van der Waals surface area contributed by atoms with Gasteiger partial charge in [0.2, 0.25) is 0 Å². The first-order valence-electron chi connectivity index (χ1n) is 6.54. The minimum atomic E-state index is -4.79. The van der Waals surface area contributed by atoms with Gasteiger partial charge in [0.1, 0.15) is 11.5 Å². The SMILES string of the molecule is O=P(O)(O)/N=C1\C=CC(O)=CC1C(O)(O)Cc1cccc(O)c1. The van der Waals surface area contributed by atoms with Crippen LogP contribution in [0.3, 0.4) is 0 Å². The van der Waals surface area contributed by atoms with Crippen molar-refractivity contribution in [3.8, 4) is 5.75 Å². The van der Waals surface area contributed by atoms with Crippen molar-refractivity contribution < 1.29 is 34.8 Å². The highest BCUT2D eigenvalue weighted by atomic mass is 31.2. The lowest BCUT2D eigenvalue weighted by atomic mass is 9.85. The molecule has 23 heavy (non-hydrogen) atoms. The van der Waals surface area contributed by atoms with E-state index < -0.39 is 19.5 Å². The molecule has 1 aromatic carbocycles. The maximum absolute atomic E-state index is 11.1. The van der Waals surface area contributed by atoms with Crippen LogP contribution in [0.15, 0.2) is 53.0 Å². The van der Waals surface area contributed by atoms with Crippen LogP contribution in [0.4, 0.5) is 0 Å². The normalized spacial score (nSPS) is 20.6. The zero-order valence-corrected chi connectivity index (χ0v) is 12.7. The van der Waals surface area contributed by atoms with Crippen molar-refractivity contribution in [1.82, 2.24) is 0 Å². The molecular formula is C14H16NO7P. The van der Waals surface area contributed by atoms with Crippen LogP contribution < -0.4 is 0 Å². The van der Waals surface area contributed by atoms with Gasteiger partial charge in [-0.1, -0.05) is 12.1 Å². The number of allylic oxidation sites excluding steroid dienone is 2. The standard InChI is InChI=1S/C14H16NO7P/c16-10-3-1-2-9(6-10)8-14(18,19)12-7-11(17)4-5-13(12)15-23(20,21)22/h1-7,12,16-19H,8H2,(H2,20,21,22)/b15-13+. The van der Waals surface area contributed by atoms with Crippen LogP contribution in [0.25, 0.3) is 0 Å². The maximum atomic E-state index is 11.1. The largest absolute Gasteiger partial charge is 0.508 e. The van der Waals surface area contributed by atoms with Gasteiger partial charge in [-0.2, -0.15) is 4.76 Å². The second-order valence-electron chi connectivity index (χ2n) is 5.17. The van der Waals surface area contributed by atoms with Gasteiger partial charge in [0, 0.05) is 6.42 Å². The summed E-state index contributed by atoms with van der Waals surface area (Å²) in [6, 6.07) is 5.79. The molecule has 0 saturated heterocycles. The molecule has 1 unspecified atom stereocenters. The van der Waals surface area contributed by atoms with Crippen LogP contribution in [0.5, 0.6) is 5.75 Å². The Morgan fingerprint density at radius 3 is 2.48 bits per heavy atom. The van der Waals surface area contributed by atoms with E-state index in [4.69, 9.17) is 9.79 Å². The minimum Gasteiger partial charge on any atom is -0.508 e. The summed E-state index contributed by atoms with van der Waals surface area (Å²) in [7, 11) is -4.79. The lowest BCUT2D eigenvalue weighted by Gasteiger charge is -2.31. The average Bonchev–Trinajstić information content (AvgIpc) is 2.38. The molecule has 8 nitrogen and oxygen atoms in total. The molecule has 1 aromatic rings. The first-order chi connectivity index (χ1) is 10.6. The van der Waals surface area contributed by atoms with Crippen LogP contribution in [-0.2, 0) is 11.0 Å². The Kier molecular flexibility index (Phi) is 4.74. The zero-order chi connectivity index (χ0) is 17.3. The third kappa shape index (κ3) is 4.75. The summed E-state index contributed by atoms with van der Waals surface area (Å²) in [5.41, 5.74) is 0.106. The van der Waals surface area contributed by atoms with Crippen LogP contribution in [0, 0.1) is 5.92 Å². The summed E-state index contributed by atoms with van der Waals surface area (Å²) >= 11 is 0. The molecule has 1 atom stereocenters. The topological polar surface area (TPSA) is 151 Å². The fourth-order valence-electron chi connectivity index (χ4n) is 2.28. The fraction of sp³-hybridized carbons (Fsp3) is 0.214. The van der Waals surface area contributed by atoms with Crippen LogP contribution >= 0.6 is 7.75 Å². The highest BCUT2D eigenvalue weighted by Crippen LogP contribution is 2.39. The molecule has 0 aliphatic heterocycles. The van der Waals surface area contributed by atoms with Gasteiger partial charge in [0.05, 0.1) is 11.6 Å². The Labute approximate surface area is 131 Å². The molecule has 0 aromatic heterocycles. The van der Waals surface area contributed by atoms with E-state index in [0.29, 0.717) is 5.56 Å². The van der Waals surface area contributed by atoms with Crippen molar-refractivity contribution in [2.45, 2.75) is 12.2 Å². The van der Waals surface area contributed by atoms with Gasteiger partial charge in [-0.15, -0.1) is 0 Å². The van der Waals surface area contributed by atoms with Crippen LogP contribution in [-0.4, -0.2) is 41.7 Å². The van der Waals surface area contributed by atoms with Crippen molar-refractivity contribution in [3.05, 3.63) is 53.8 Å². The summed E-state index contributed by atoms with van der Waals surface area (Å²) in [4.78, 5) is 17.9. The quantitative estimate of drug-likeness (QED) is 0.350. The number of hydrogen-bond donors (Lipinski definition) is 6. The third-order valence-corrected chi connectivity index (χ3v) is 3.69. The number of hydrogen-bond acceptors (Lipinski definition) is 5. The Morgan fingerprint density at radius 1 is 1.17 bits per heavy atom. The monoisotopic (exact) mass is 341 g/mol. The first-order valence-corrected chi connectivity index (χ1v) is 8.10. The third-order valence-electron chi connectivity index (χ3n) is 3.20. The van der Waals surface area contributed by atoms with Gasteiger partial charge in [-0.05, 0) is 35.9 Å². The molecule has 9 heteroatoms. The summed E-state index contributed by atoms with van der Waals surface area (Å²) in [6.45, 7) is 0. The second-order valence-corrected chi connectivity index (χ2v) is 6.39. The molecule has 0 spiro atoms. The van der Waals surface area contributed by atoms with E-state index in [9.17, 15) is 25.0 Å². The minimum absolute atomic E-state index is 0.0654. The number of aliphatic hydroxyl groups excluding tert-OH is 1. The first kappa shape index (κ1) is 17.4. The van der Waals surface area contributed by atoms with E-state index in [1.54, 1.807) is 6.07 Å². The van der Waals surface area contributed by atoms with Crippen LogP contribution in [0.1, 0.15) is 5.56 Å². The van der Waals surface area contributed by atoms with Gasteiger partial charge >= 0.3 is 7.75 Å². The Bertz CT molecular complexity index is 732. The lowest BCUT2D eigenvalue weighted by molar-refractivity contribution is -0.172. The van der Waals surface area contributed by atoms with E-state index in [0.717, 1.165) is 18.2 Å². The molecule has 6 N–H and O–H groups in total. The molecule has 0 bridgehead atoms. The molecule has 0 amide bonds. The highest BCUT2D eigenvalue weighted by molar-refractivity contribution is 7.50. The van der Waals surface area contributed by atoms with Crippen molar-refractivity contribution in [1.29, 1.82) is 0 Å². The number of phenols is 1. The highest BCUT2D eigenvalue weighted by Gasteiger charge is 2.38. The van der Waals surface area contributed by atoms with Crippen molar-refractivity contribution in [2.24, 2.45) is 10.7 Å². The molecule has 0 heterocycles. The predicted octanol–water partition coefficient (Wildman–Crippen LogP) is 0.777.